The molecule has 142 valence electrons. The Morgan fingerprint density at radius 1 is 1.00 bits per heavy atom. The Hall–Kier alpha value is -2.37. The van der Waals surface area contributed by atoms with Crippen molar-refractivity contribution in [1.82, 2.24) is 4.90 Å². The summed E-state index contributed by atoms with van der Waals surface area (Å²) in [6, 6.07) is 18.9. The first kappa shape index (κ1) is 18.0. The molecule has 0 radical (unpaired) electrons. The van der Waals surface area contributed by atoms with Crippen LogP contribution in [-0.4, -0.2) is 50.2 Å². The van der Waals surface area contributed by atoms with Crippen molar-refractivity contribution in [2.24, 2.45) is 5.92 Å². The van der Waals surface area contributed by atoms with Crippen LogP contribution in [0.2, 0.25) is 0 Å². The molecule has 2 aromatic rings. The third kappa shape index (κ3) is 4.67. The summed E-state index contributed by atoms with van der Waals surface area (Å²) in [6.07, 6.45) is 0.817. The van der Waals surface area contributed by atoms with E-state index in [1.54, 1.807) is 0 Å². The Morgan fingerprint density at radius 2 is 1.74 bits per heavy atom. The summed E-state index contributed by atoms with van der Waals surface area (Å²) in [5.74, 6) is 0.0529. The number of benzene rings is 2. The lowest BCUT2D eigenvalue weighted by Gasteiger charge is -2.36. The van der Waals surface area contributed by atoms with Gasteiger partial charge in [0, 0.05) is 50.7 Å². The standard InChI is InChI=1S/C22H27N3O2/c26-22(19-10-15-27-17-19)23-20-6-8-21(9-7-20)25-13-11-24(12-14-25)16-18-4-2-1-3-5-18/h1-9,19H,10-17H2,(H,23,26). The number of nitrogens with zero attached hydrogens (tertiary/aromatic N) is 2. The summed E-state index contributed by atoms with van der Waals surface area (Å²) in [4.78, 5) is 17.1. The van der Waals surface area contributed by atoms with Crippen LogP contribution < -0.4 is 10.2 Å². The number of ether oxygens (including phenoxy) is 1. The van der Waals surface area contributed by atoms with Gasteiger partial charge in [-0.2, -0.15) is 0 Å². The lowest BCUT2D eigenvalue weighted by molar-refractivity contribution is -0.119. The molecule has 4 rings (SSSR count). The Bertz CT molecular complexity index is 734. The molecule has 2 fully saturated rings. The van der Waals surface area contributed by atoms with Gasteiger partial charge in [0.1, 0.15) is 0 Å². The van der Waals surface area contributed by atoms with Gasteiger partial charge >= 0.3 is 0 Å². The lowest BCUT2D eigenvalue weighted by Crippen LogP contribution is -2.45. The smallest absolute Gasteiger partial charge is 0.229 e. The first-order valence-corrected chi connectivity index (χ1v) is 9.78. The van der Waals surface area contributed by atoms with E-state index in [4.69, 9.17) is 4.74 Å². The first-order valence-electron chi connectivity index (χ1n) is 9.78. The van der Waals surface area contributed by atoms with E-state index in [0.29, 0.717) is 13.2 Å². The molecule has 2 aromatic carbocycles. The molecular weight excluding hydrogens is 338 g/mol. The van der Waals surface area contributed by atoms with Gasteiger partial charge in [-0.25, -0.2) is 0 Å². The van der Waals surface area contributed by atoms with Crippen molar-refractivity contribution in [3.05, 3.63) is 60.2 Å². The molecule has 5 heteroatoms. The highest BCUT2D eigenvalue weighted by molar-refractivity contribution is 5.92. The molecule has 0 bridgehead atoms. The van der Waals surface area contributed by atoms with Crippen molar-refractivity contribution in [2.45, 2.75) is 13.0 Å². The highest BCUT2D eigenvalue weighted by Gasteiger charge is 2.23. The quantitative estimate of drug-likeness (QED) is 0.885. The zero-order chi connectivity index (χ0) is 18.5. The third-order valence-electron chi connectivity index (χ3n) is 5.42. The predicted molar refractivity (Wildman–Crippen MR) is 108 cm³/mol. The third-order valence-corrected chi connectivity index (χ3v) is 5.42. The molecule has 0 saturated carbocycles. The highest BCUT2D eigenvalue weighted by Crippen LogP contribution is 2.21. The predicted octanol–water partition coefficient (Wildman–Crippen LogP) is 2.98. The van der Waals surface area contributed by atoms with Gasteiger partial charge in [-0.3, -0.25) is 9.69 Å². The molecule has 2 heterocycles. The van der Waals surface area contributed by atoms with Crippen molar-refractivity contribution in [2.75, 3.05) is 49.6 Å². The maximum Gasteiger partial charge on any atom is 0.229 e. The van der Waals surface area contributed by atoms with E-state index < -0.39 is 0 Å². The average Bonchev–Trinajstić information content (AvgIpc) is 3.25. The summed E-state index contributed by atoms with van der Waals surface area (Å²) >= 11 is 0. The average molecular weight is 365 g/mol. The molecule has 1 amide bonds. The molecule has 0 aromatic heterocycles. The maximum atomic E-state index is 12.2. The molecule has 5 nitrogen and oxygen atoms in total. The van der Waals surface area contributed by atoms with Crippen LogP contribution in [0.1, 0.15) is 12.0 Å². The number of nitrogens with one attached hydrogen (secondary N) is 1. The zero-order valence-electron chi connectivity index (χ0n) is 15.6. The molecule has 0 aliphatic carbocycles. The Balaban J connectivity index is 1.27. The maximum absolute atomic E-state index is 12.2. The number of anilines is 2. The van der Waals surface area contributed by atoms with E-state index in [0.717, 1.165) is 44.8 Å². The van der Waals surface area contributed by atoms with Gasteiger partial charge in [-0.1, -0.05) is 30.3 Å². The molecule has 2 aliphatic heterocycles. The fourth-order valence-electron chi connectivity index (χ4n) is 3.75. The van der Waals surface area contributed by atoms with Crippen molar-refractivity contribution in [1.29, 1.82) is 0 Å². The van der Waals surface area contributed by atoms with Crippen LogP contribution >= 0.6 is 0 Å². The Kier molecular flexibility index (Phi) is 5.70. The fraction of sp³-hybridized carbons (Fsp3) is 0.409. The monoisotopic (exact) mass is 365 g/mol. The molecule has 1 N–H and O–H groups in total. The second-order valence-electron chi connectivity index (χ2n) is 7.35. The van der Waals surface area contributed by atoms with Crippen molar-refractivity contribution < 1.29 is 9.53 Å². The van der Waals surface area contributed by atoms with Crippen LogP contribution in [0.3, 0.4) is 0 Å². The Morgan fingerprint density at radius 3 is 2.41 bits per heavy atom. The molecular formula is C22H27N3O2. The van der Waals surface area contributed by atoms with E-state index in [1.807, 2.05) is 12.1 Å². The van der Waals surface area contributed by atoms with Crippen molar-refractivity contribution >= 4 is 17.3 Å². The van der Waals surface area contributed by atoms with Crippen LogP contribution in [0.5, 0.6) is 0 Å². The van der Waals surface area contributed by atoms with Crippen LogP contribution in [-0.2, 0) is 16.1 Å². The lowest BCUT2D eigenvalue weighted by atomic mass is 10.1. The largest absolute Gasteiger partial charge is 0.381 e. The van der Waals surface area contributed by atoms with Crippen LogP contribution in [0.4, 0.5) is 11.4 Å². The van der Waals surface area contributed by atoms with Gasteiger partial charge in [0.25, 0.3) is 0 Å². The van der Waals surface area contributed by atoms with E-state index in [-0.39, 0.29) is 11.8 Å². The normalized spacial score (nSPS) is 20.6. The van der Waals surface area contributed by atoms with Gasteiger partial charge in [0.2, 0.25) is 5.91 Å². The van der Waals surface area contributed by atoms with Gasteiger partial charge < -0.3 is 15.0 Å². The molecule has 1 atom stereocenters. The summed E-state index contributed by atoms with van der Waals surface area (Å²) in [7, 11) is 0. The summed E-state index contributed by atoms with van der Waals surface area (Å²) in [6.45, 7) is 6.43. The molecule has 2 aliphatic rings. The second kappa shape index (κ2) is 8.55. The molecule has 1 unspecified atom stereocenters. The minimum absolute atomic E-state index is 0.0117. The summed E-state index contributed by atoms with van der Waals surface area (Å²) in [5.41, 5.74) is 3.45. The van der Waals surface area contributed by atoms with E-state index in [2.05, 4.69) is 57.6 Å². The molecule has 0 spiro atoms. The summed E-state index contributed by atoms with van der Waals surface area (Å²) < 4.78 is 5.29. The van der Waals surface area contributed by atoms with Gasteiger partial charge in [-0.05, 0) is 36.2 Å². The number of carbonyl (C=O) groups excluding carboxylic acids is 1. The van der Waals surface area contributed by atoms with Gasteiger partial charge in [0.05, 0.1) is 12.5 Å². The van der Waals surface area contributed by atoms with E-state index >= 15 is 0 Å². The molecule has 27 heavy (non-hydrogen) atoms. The van der Waals surface area contributed by atoms with Crippen molar-refractivity contribution in [3.8, 4) is 0 Å². The zero-order valence-corrected chi connectivity index (χ0v) is 15.6. The number of piperazine rings is 1. The van der Waals surface area contributed by atoms with Crippen LogP contribution in [0.25, 0.3) is 0 Å². The van der Waals surface area contributed by atoms with E-state index in [1.165, 1.54) is 11.3 Å². The van der Waals surface area contributed by atoms with Crippen LogP contribution in [0, 0.1) is 5.92 Å². The Labute approximate surface area is 160 Å². The topological polar surface area (TPSA) is 44.8 Å². The fourth-order valence-corrected chi connectivity index (χ4v) is 3.75. The SMILES string of the molecule is O=C(Nc1ccc(N2CCN(Cc3ccccc3)CC2)cc1)C1CCOC1. The number of hydrogen-bond donors (Lipinski definition) is 1. The number of rotatable bonds is 5. The number of amides is 1. The van der Waals surface area contributed by atoms with Gasteiger partial charge in [-0.15, -0.1) is 0 Å². The molecule has 2 saturated heterocycles. The minimum Gasteiger partial charge on any atom is -0.381 e. The van der Waals surface area contributed by atoms with Crippen molar-refractivity contribution in [3.63, 3.8) is 0 Å². The first-order chi connectivity index (χ1) is 13.3. The highest BCUT2D eigenvalue weighted by atomic mass is 16.5. The number of carbonyl (C=O) groups is 1. The minimum atomic E-state index is -0.0117. The van der Waals surface area contributed by atoms with Gasteiger partial charge in [0.15, 0.2) is 0 Å². The van der Waals surface area contributed by atoms with Crippen LogP contribution in [0.15, 0.2) is 54.6 Å². The van der Waals surface area contributed by atoms with E-state index in [9.17, 15) is 4.79 Å². The number of hydrogen-bond acceptors (Lipinski definition) is 4. The second-order valence-corrected chi connectivity index (χ2v) is 7.35. The summed E-state index contributed by atoms with van der Waals surface area (Å²) in [5, 5.41) is 3.00.